The third-order valence-corrected chi connectivity index (χ3v) is 6.56. The van der Waals surface area contributed by atoms with Crippen molar-refractivity contribution in [2.75, 3.05) is 5.32 Å². The highest BCUT2D eigenvalue weighted by molar-refractivity contribution is 5.97. The predicted molar refractivity (Wildman–Crippen MR) is 139 cm³/mol. The molecule has 3 N–H and O–H groups in total. The molecule has 0 saturated heterocycles. The average molecular weight is 490 g/mol. The molecule has 0 radical (unpaired) electrons. The molecule has 7 rings (SSSR count). The number of halogens is 1. The first kappa shape index (κ1) is 21.4. The number of benzene rings is 2. The normalized spacial score (nSPS) is 13.3. The fourth-order valence-corrected chi connectivity index (χ4v) is 4.50. The van der Waals surface area contributed by atoms with Gasteiger partial charge in [-0.05, 0) is 43.2 Å². The second kappa shape index (κ2) is 8.34. The largest absolute Gasteiger partial charge is 0.336 e. The number of amides is 1. The standard InChI is InChI=1S/C28H20FN7O/c29-20-6-2-1-4-18(20)19-5-3-7-22-24(19)34-27(33-22)26-25-23(35-36-26)11-10-21(32-25)16-12-17(14-30-13-16)31-28(37)15-8-9-15/h1-7,10-15H,8-9H2,(H,31,37)(H,33,34)(H,35,36). The molecule has 180 valence electrons. The molecule has 0 spiro atoms. The summed E-state index contributed by atoms with van der Waals surface area (Å²) in [5, 5.41) is 10.4. The van der Waals surface area contributed by atoms with Crippen LogP contribution in [0.2, 0.25) is 0 Å². The van der Waals surface area contributed by atoms with E-state index in [9.17, 15) is 9.18 Å². The number of nitrogens with zero attached hydrogens (tertiary/aromatic N) is 4. The van der Waals surface area contributed by atoms with Gasteiger partial charge in [-0.3, -0.25) is 14.9 Å². The van der Waals surface area contributed by atoms with E-state index in [1.807, 2.05) is 36.4 Å². The molecule has 6 aromatic rings. The Kier molecular flexibility index (Phi) is 4.81. The number of fused-ring (bicyclic) bond motifs is 2. The number of pyridine rings is 2. The van der Waals surface area contributed by atoms with Crippen molar-refractivity contribution >= 4 is 33.7 Å². The minimum absolute atomic E-state index is 0.0270. The van der Waals surface area contributed by atoms with Crippen LogP contribution in [0.4, 0.5) is 10.1 Å². The molecule has 1 saturated carbocycles. The fraction of sp³-hybridized carbons (Fsp3) is 0.107. The van der Waals surface area contributed by atoms with Crippen molar-refractivity contribution in [3.05, 3.63) is 78.9 Å². The lowest BCUT2D eigenvalue weighted by molar-refractivity contribution is -0.117. The summed E-state index contributed by atoms with van der Waals surface area (Å²) in [6.45, 7) is 0. The lowest BCUT2D eigenvalue weighted by Gasteiger charge is -2.06. The summed E-state index contributed by atoms with van der Waals surface area (Å²) >= 11 is 0. The lowest BCUT2D eigenvalue weighted by Crippen LogP contribution is -2.13. The Morgan fingerprint density at radius 3 is 2.65 bits per heavy atom. The number of aromatic nitrogens is 6. The number of hydrogen-bond donors (Lipinski definition) is 3. The van der Waals surface area contributed by atoms with Crippen LogP contribution in [-0.2, 0) is 4.79 Å². The van der Waals surface area contributed by atoms with Crippen LogP contribution >= 0.6 is 0 Å². The maximum atomic E-state index is 14.5. The number of aromatic amines is 2. The van der Waals surface area contributed by atoms with Crippen LogP contribution in [0, 0.1) is 11.7 Å². The van der Waals surface area contributed by atoms with Crippen LogP contribution in [0.25, 0.3) is 56.0 Å². The van der Waals surface area contributed by atoms with Crippen LogP contribution < -0.4 is 5.32 Å². The molecule has 2 aromatic carbocycles. The summed E-state index contributed by atoms with van der Waals surface area (Å²) in [7, 11) is 0. The topological polar surface area (TPSA) is 112 Å². The van der Waals surface area contributed by atoms with Crippen molar-refractivity contribution in [1.29, 1.82) is 0 Å². The van der Waals surface area contributed by atoms with Gasteiger partial charge < -0.3 is 10.3 Å². The van der Waals surface area contributed by atoms with E-state index in [2.05, 4.69) is 25.5 Å². The second-order valence-electron chi connectivity index (χ2n) is 9.16. The van der Waals surface area contributed by atoms with Gasteiger partial charge in [-0.1, -0.05) is 30.3 Å². The molecule has 1 aliphatic carbocycles. The quantitative estimate of drug-likeness (QED) is 0.287. The molecule has 8 nitrogen and oxygen atoms in total. The molecule has 4 heterocycles. The molecule has 9 heteroatoms. The van der Waals surface area contributed by atoms with Gasteiger partial charge >= 0.3 is 0 Å². The van der Waals surface area contributed by atoms with Crippen LogP contribution in [0.15, 0.2) is 73.1 Å². The van der Waals surface area contributed by atoms with Gasteiger partial charge in [-0.25, -0.2) is 14.4 Å². The highest BCUT2D eigenvalue weighted by atomic mass is 19.1. The first-order valence-corrected chi connectivity index (χ1v) is 12.0. The minimum atomic E-state index is -0.305. The maximum Gasteiger partial charge on any atom is 0.227 e. The third-order valence-electron chi connectivity index (χ3n) is 6.56. The number of rotatable bonds is 5. The molecule has 1 fully saturated rings. The zero-order valence-corrected chi connectivity index (χ0v) is 19.5. The lowest BCUT2D eigenvalue weighted by atomic mass is 10.0. The van der Waals surface area contributed by atoms with E-state index in [4.69, 9.17) is 9.97 Å². The van der Waals surface area contributed by atoms with Gasteiger partial charge in [0.1, 0.15) is 11.3 Å². The van der Waals surface area contributed by atoms with Crippen molar-refractivity contribution in [2.24, 2.45) is 5.92 Å². The highest BCUT2D eigenvalue weighted by Gasteiger charge is 2.29. The van der Waals surface area contributed by atoms with Gasteiger partial charge in [-0.2, -0.15) is 5.10 Å². The van der Waals surface area contributed by atoms with Crippen LogP contribution in [-0.4, -0.2) is 36.0 Å². The van der Waals surface area contributed by atoms with E-state index >= 15 is 0 Å². The zero-order chi connectivity index (χ0) is 24.9. The molecular weight excluding hydrogens is 469 g/mol. The second-order valence-corrected chi connectivity index (χ2v) is 9.16. The third kappa shape index (κ3) is 3.81. The molecule has 0 unspecified atom stereocenters. The Hall–Kier alpha value is -4.92. The van der Waals surface area contributed by atoms with Gasteiger partial charge in [-0.15, -0.1) is 0 Å². The molecule has 1 amide bonds. The molecule has 0 bridgehead atoms. The van der Waals surface area contributed by atoms with Gasteiger partial charge in [0.25, 0.3) is 0 Å². The van der Waals surface area contributed by atoms with E-state index in [1.54, 1.807) is 30.6 Å². The number of carbonyl (C=O) groups is 1. The van der Waals surface area contributed by atoms with E-state index in [0.717, 1.165) is 29.4 Å². The van der Waals surface area contributed by atoms with Crippen molar-refractivity contribution in [2.45, 2.75) is 12.8 Å². The smallest absolute Gasteiger partial charge is 0.227 e. The van der Waals surface area contributed by atoms with Crippen molar-refractivity contribution in [3.63, 3.8) is 0 Å². The number of nitrogens with one attached hydrogen (secondary N) is 3. The van der Waals surface area contributed by atoms with Crippen LogP contribution in [0.5, 0.6) is 0 Å². The number of carbonyl (C=O) groups excluding carboxylic acids is 1. The van der Waals surface area contributed by atoms with E-state index in [-0.39, 0.29) is 17.6 Å². The summed E-state index contributed by atoms with van der Waals surface area (Å²) < 4.78 is 14.5. The molecule has 1 aliphatic rings. The van der Waals surface area contributed by atoms with Crippen molar-refractivity contribution in [3.8, 4) is 33.9 Å². The molecule has 0 aliphatic heterocycles. The van der Waals surface area contributed by atoms with Crippen LogP contribution in [0.3, 0.4) is 0 Å². The number of hydrogen-bond acceptors (Lipinski definition) is 5. The maximum absolute atomic E-state index is 14.5. The number of anilines is 1. The molecule has 0 atom stereocenters. The molecule has 37 heavy (non-hydrogen) atoms. The van der Waals surface area contributed by atoms with Crippen LogP contribution in [0.1, 0.15) is 12.8 Å². The summed E-state index contributed by atoms with van der Waals surface area (Å²) in [5.74, 6) is 0.354. The Bertz CT molecular complexity index is 1820. The summed E-state index contributed by atoms with van der Waals surface area (Å²) in [6, 6.07) is 17.9. The number of imidazole rings is 1. The monoisotopic (exact) mass is 489 g/mol. The van der Waals surface area contributed by atoms with E-state index < -0.39 is 0 Å². The molecule has 4 aromatic heterocycles. The number of H-pyrrole nitrogens is 2. The van der Waals surface area contributed by atoms with Gasteiger partial charge in [0, 0.05) is 28.8 Å². The van der Waals surface area contributed by atoms with E-state index in [1.165, 1.54) is 6.07 Å². The molecular formula is C28H20FN7O. The Morgan fingerprint density at radius 1 is 0.919 bits per heavy atom. The van der Waals surface area contributed by atoms with Crippen molar-refractivity contribution < 1.29 is 9.18 Å². The first-order valence-electron chi connectivity index (χ1n) is 12.0. The van der Waals surface area contributed by atoms with Gasteiger partial charge in [0.05, 0.1) is 34.1 Å². The average Bonchev–Trinajstić information content (AvgIpc) is 3.55. The Labute approximate surface area is 210 Å². The highest BCUT2D eigenvalue weighted by Crippen LogP contribution is 2.33. The van der Waals surface area contributed by atoms with Gasteiger partial charge in [0.2, 0.25) is 5.91 Å². The Balaban J connectivity index is 1.29. The summed E-state index contributed by atoms with van der Waals surface area (Å²) in [5.41, 5.74) is 6.64. The minimum Gasteiger partial charge on any atom is -0.336 e. The zero-order valence-electron chi connectivity index (χ0n) is 19.5. The fourth-order valence-electron chi connectivity index (χ4n) is 4.50. The Morgan fingerprint density at radius 2 is 1.78 bits per heavy atom. The predicted octanol–water partition coefficient (Wildman–Crippen LogP) is 5.72. The summed E-state index contributed by atoms with van der Waals surface area (Å²) in [4.78, 5) is 29.4. The van der Waals surface area contributed by atoms with Gasteiger partial charge in [0.15, 0.2) is 11.5 Å². The first-order chi connectivity index (χ1) is 18.1. The van der Waals surface area contributed by atoms with E-state index in [0.29, 0.717) is 45.1 Å². The number of para-hydroxylation sites is 1. The SMILES string of the molecule is O=C(Nc1cncc(-c2ccc3[nH]nc(-c4nc5c(-c6ccccc6F)cccc5[nH]4)c3n2)c1)C1CC1. The van der Waals surface area contributed by atoms with Crippen molar-refractivity contribution in [1.82, 2.24) is 30.1 Å². The summed E-state index contributed by atoms with van der Waals surface area (Å²) in [6.07, 6.45) is 5.21.